The predicted molar refractivity (Wildman–Crippen MR) is 58.6 cm³/mol. The molecule has 0 aliphatic rings. The summed E-state index contributed by atoms with van der Waals surface area (Å²) in [6.07, 6.45) is 2.40. The number of fused-ring (bicyclic) bond motifs is 1. The number of carbonyl (C=O) groups is 1. The highest BCUT2D eigenvalue weighted by atomic mass is 32.1. The van der Waals surface area contributed by atoms with Gasteiger partial charge in [-0.05, 0) is 17.0 Å². The van der Waals surface area contributed by atoms with Crippen LogP contribution in [0.25, 0.3) is 10.2 Å². The summed E-state index contributed by atoms with van der Waals surface area (Å²) in [6, 6.07) is 2.03. The van der Waals surface area contributed by atoms with Gasteiger partial charge in [-0.15, -0.1) is 11.3 Å². The van der Waals surface area contributed by atoms with Crippen LogP contribution in [0.15, 0.2) is 17.6 Å². The minimum atomic E-state index is 0.138. The second-order valence-electron chi connectivity index (χ2n) is 3.44. The molecule has 0 aliphatic heterocycles. The maximum atomic E-state index is 11.5. The average Bonchev–Trinajstić information content (AvgIpc) is 2.69. The SMILES string of the molecule is CN(C)C(=O)Cc1c[nH]c2ccsc12. The van der Waals surface area contributed by atoms with Crippen LogP contribution in [0.5, 0.6) is 0 Å². The molecule has 2 aromatic rings. The zero-order chi connectivity index (χ0) is 10.1. The lowest BCUT2D eigenvalue weighted by Crippen LogP contribution is -2.23. The van der Waals surface area contributed by atoms with Crippen molar-refractivity contribution in [3.8, 4) is 0 Å². The molecule has 1 N–H and O–H groups in total. The molecule has 2 heterocycles. The highest BCUT2D eigenvalue weighted by molar-refractivity contribution is 7.17. The topological polar surface area (TPSA) is 36.1 Å². The maximum absolute atomic E-state index is 11.5. The van der Waals surface area contributed by atoms with Gasteiger partial charge in [-0.3, -0.25) is 4.79 Å². The average molecular weight is 208 g/mol. The van der Waals surface area contributed by atoms with E-state index in [4.69, 9.17) is 0 Å². The lowest BCUT2D eigenvalue weighted by atomic mass is 10.2. The Morgan fingerprint density at radius 1 is 1.57 bits per heavy atom. The van der Waals surface area contributed by atoms with Crippen LogP contribution >= 0.6 is 11.3 Å². The number of hydrogen-bond acceptors (Lipinski definition) is 2. The largest absolute Gasteiger partial charge is 0.360 e. The Morgan fingerprint density at radius 2 is 2.36 bits per heavy atom. The van der Waals surface area contributed by atoms with Crippen molar-refractivity contribution in [2.24, 2.45) is 0 Å². The van der Waals surface area contributed by atoms with Gasteiger partial charge < -0.3 is 9.88 Å². The number of amides is 1. The number of likely N-dealkylation sites (N-methyl/N-ethyl adjacent to an activating group) is 1. The minimum Gasteiger partial charge on any atom is -0.360 e. The van der Waals surface area contributed by atoms with E-state index in [2.05, 4.69) is 4.98 Å². The van der Waals surface area contributed by atoms with Gasteiger partial charge in [0.1, 0.15) is 0 Å². The van der Waals surface area contributed by atoms with E-state index >= 15 is 0 Å². The molecular formula is C10H12N2OS. The van der Waals surface area contributed by atoms with Crippen LogP contribution in [0.4, 0.5) is 0 Å². The third-order valence-electron chi connectivity index (χ3n) is 2.20. The third kappa shape index (κ3) is 1.53. The maximum Gasteiger partial charge on any atom is 0.226 e. The second-order valence-corrected chi connectivity index (χ2v) is 4.36. The van der Waals surface area contributed by atoms with E-state index in [1.54, 1.807) is 30.3 Å². The number of carbonyl (C=O) groups excluding carboxylic acids is 1. The summed E-state index contributed by atoms with van der Waals surface area (Å²) in [5.41, 5.74) is 2.21. The molecule has 0 saturated heterocycles. The van der Waals surface area contributed by atoms with E-state index < -0.39 is 0 Å². The first-order valence-electron chi connectivity index (χ1n) is 4.42. The van der Waals surface area contributed by atoms with E-state index in [0.29, 0.717) is 6.42 Å². The molecule has 74 valence electrons. The van der Waals surface area contributed by atoms with Gasteiger partial charge in [-0.25, -0.2) is 0 Å². The fraction of sp³-hybridized carbons (Fsp3) is 0.300. The fourth-order valence-electron chi connectivity index (χ4n) is 1.35. The first-order chi connectivity index (χ1) is 6.68. The summed E-state index contributed by atoms with van der Waals surface area (Å²) < 4.78 is 1.19. The summed E-state index contributed by atoms with van der Waals surface area (Å²) >= 11 is 1.67. The molecular weight excluding hydrogens is 196 g/mol. The van der Waals surface area contributed by atoms with Gasteiger partial charge in [0.05, 0.1) is 16.6 Å². The molecule has 1 amide bonds. The Balaban J connectivity index is 2.27. The smallest absolute Gasteiger partial charge is 0.226 e. The van der Waals surface area contributed by atoms with Gasteiger partial charge in [-0.2, -0.15) is 0 Å². The van der Waals surface area contributed by atoms with E-state index in [9.17, 15) is 4.79 Å². The van der Waals surface area contributed by atoms with E-state index in [-0.39, 0.29) is 5.91 Å². The number of hydrogen-bond donors (Lipinski definition) is 1. The quantitative estimate of drug-likeness (QED) is 0.803. The molecule has 0 spiro atoms. The van der Waals surface area contributed by atoms with Crippen LogP contribution < -0.4 is 0 Å². The van der Waals surface area contributed by atoms with Gasteiger partial charge in [0.2, 0.25) is 5.91 Å². The minimum absolute atomic E-state index is 0.138. The lowest BCUT2D eigenvalue weighted by molar-refractivity contribution is -0.127. The van der Waals surface area contributed by atoms with Crippen molar-refractivity contribution in [1.82, 2.24) is 9.88 Å². The van der Waals surface area contributed by atoms with Crippen LogP contribution in [0.2, 0.25) is 0 Å². The molecule has 0 radical (unpaired) electrons. The van der Waals surface area contributed by atoms with Gasteiger partial charge in [0.15, 0.2) is 0 Å². The van der Waals surface area contributed by atoms with Crippen molar-refractivity contribution in [1.29, 1.82) is 0 Å². The van der Waals surface area contributed by atoms with Crippen LogP contribution in [0.1, 0.15) is 5.56 Å². The number of nitrogens with one attached hydrogen (secondary N) is 1. The molecule has 14 heavy (non-hydrogen) atoms. The van der Waals surface area contributed by atoms with Crippen molar-refractivity contribution in [3.05, 3.63) is 23.2 Å². The molecule has 2 rings (SSSR count). The summed E-state index contributed by atoms with van der Waals surface area (Å²) in [4.78, 5) is 16.3. The Hall–Kier alpha value is -1.29. The Morgan fingerprint density at radius 3 is 3.07 bits per heavy atom. The Labute approximate surface area is 86.3 Å². The Bertz CT molecular complexity index is 455. The summed E-state index contributed by atoms with van der Waals surface area (Å²) in [6.45, 7) is 0. The first-order valence-corrected chi connectivity index (χ1v) is 5.30. The predicted octanol–water partition coefficient (Wildman–Crippen LogP) is 1.86. The molecule has 4 heteroatoms. The molecule has 0 atom stereocenters. The molecule has 0 aliphatic carbocycles. The van der Waals surface area contributed by atoms with Crippen LogP contribution in [0, 0.1) is 0 Å². The number of H-pyrrole nitrogens is 1. The van der Waals surface area contributed by atoms with Crippen molar-refractivity contribution < 1.29 is 4.79 Å². The van der Waals surface area contributed by atoms with E-state index in [1.807, 2.05) is 17.6 Å². The summed E-state index contributed by atoms with van der Waals surface area (Å²) in [5, 5.41) is 2.03. The second kappa shape index (κ2) is 3.46. The number of aromatic nitrogens is 1. The summed E-state index contributed by atoms with van der Waals surface area (Å²) in [5.74, 6) is 0.138. The molecule has 0 unspecified atom stereocenters. The number of thiophene rings is 1. The molecule has 0 saturated carbocycles. The molecule has 0 bridgehead atoms. The lowest BCUT2D eigenvalue weighted by Gasteiger charge is -2.08. The molecule has 2 aromatic heterocycles. The van der Waals surface area contributed by atoms with E-state index in [1.165, 1.54) is 4.70 Å². The van der Waals surface area contributed by atoms with Gasteiger partial charge in [0, 0.05) is 20.3 Å². The number of nitrogens with zero attached hydrogens (tertiary/aromatic N) is 1. The highest BCUT2D eigenvalue weighted by Crippen LogP contribution is 2.24. The Kier molecular flexibility index (Phi) is 2.29. The first kappa shape index (κ1) is 9.27. The number of aromatic amines is 1. The normalized spacial score (nSPS) is 10.7. The highest BCUT2D eigenvalue weighted by Gasteiger charge is 2.10. The zero-order valence-corrected chi connectivity index (χ0v) is 9.02. The van der Waals surface area contributed by atoms with Crippen molar-refractivity contribution in [3.63, 3.8) is 0 Å². The van der Waals surface area contributed by atoms with Crippen molar-refractivity contribution in [2.45, 2.75) is 6.42 Å². The van der Waals surface area contributed by atoms with Gasteiger partial charge >= 0.3 is 0 Å². The molecule has 0 aromatic carbocycles. The standard InChI is InChI=1S/C10H12N2OS/c1-12(2)9(13)5-7-6-11-8-3-4-14-10(7)8/h3-4,6,11H,5H2,1-2H3. The monoisotopic (exact) mass is 208 g/mol. The van der Waals surface area contributed by atoms with Crippen LogP contribution in [0.3, 0.4) is 0 Å². The van der Waals surface area contributed by atoms with Crippen molar-refractivity contribution in [2.75, 3.05) is 14.1 Å². The van der Waals surface area contributed by atoms with Crippen molar-refractivity contribution >= 4 is 27.5 Å². The fourth-order valence-corrected chi connectivity index (χ4v) is 2.23. The molecule has 0 fully saturated rings. The van der Waals surface area contributed by atoms with Crippen LogP contribution in [-0.2, 0) is 11.2 Å². The zero-order valence-electron chi connectivity index (χ0n) is 8.20. The number of rotatable bonds is 2. The molecule has 3 nitrogen and oxygen atoms in total. The van der Waals surface area contributed by atoms with Gasteiger partial charge in [0.25, 0.3) is 0 Å². The van der Waals surface area contributed by atoms with Gasteiger partial charge in [-0.1, -0.05) is 0 Å². The third-order valence-corrected chi connectivity index (χ3v) is 3.19. The van der Waals surface area contributed by atoms with Crippen LogP contribution in [-0.4, -0.2) is 29.9 Å². The summed E-state index contributed by atoms with van der Waals surface area (Å²) in [7, 11) is 3.56. The van der Waals surface area contributed by atoms with E-state index in [0.717, 1.165) is 11.1 Å².